The van der Waals surface area contributed by atoms with E-state index in [-0.39, 0.29) is 24.0 Å². The maximum Gasteiger partial charge on any atom is 0.387 e. The fraction of sp³-hybridized carbons (Fsp3) is 0.310. The van der Waals surface area contributed by atoms with Crippen molar-refractivity contribution in [1.82, 2.24) is 4.90 Å². The number of ether oxygens (including phenoxy) is 2. The second-order valence-corrected chi connectivity index (χ2v) is 9.13. The van der Waals surface area contributed by atoms with Gasteiger partial charge in [-0.15, -0.1) is 0 Å². The van der Waals surface area contributed by atoms with Gasteiger partial charge >= 0.3 is 6.61 Å². The summed E-state index contributed by atoms with van der Waals surface area (Å²) < 4.78 is 48.6. The summed E-state index contributed by atoms with van der Waals surface area (Å²) in [6, 6.07) is 14.9. The van der Waals surface area contributed by atoms with Crippen molar-refractivity contribution in [2.75, 3.05) is 19.7 Å². The molecule has 1 aliphatic heterocycles. The standard InChI is InChI=1S/C29H27F3N2O4/c1-33-22-8-10-27(25(17-22)24-9-7-21(30)16-26(24)35)37-18-28(36)34-13-11-19(12-14-34)5-6-20-3-2-4-23(15-20)38-29(31)32/h2-4,7-10,15-17,19,29,35H,5-6,11-14,18H2. The third kappa shape index (κ3) is 6.97. The summed E-state index contributed by atoms with van der Waals surface area (Å²) in [7, 11) is 0. The monoisotopic (exact) mass is 524 g/mol. The van der Waals surface area contributed by atoms with E-state index in [0.717, 1.165) is 37.3 Å². The second kappa shape index (κ2) is 12.4. The van der Waals surface area contributed by atoms with Crippen LogP contribution in [-0.4, -0.2) is 42.2 Å². The number of alkyl halides is 2. The Balaban J connectivity index is 1.30. The number of halogens is 3. The van der Waals surface area contributed by atoms with Crippen LogP contribution in [0.25, 0.3) is 16.0 Å². The van der Waals surface area contributed by atoms with Crippen molar-refractivity contribution < 1.29 is 32.5 Å². The van der Waals surface area contributed by atoms with Gasteiger partial charge in [0, 0.05) is 30.3 Å². The third-order valence-electron chi connectivity index (χ3n) is 6.63. The number of aromatic hydroxyl groups is 1. The predicted octanol–water partition coefficient (Wildman–Crippen LogP) is 6.60. The molecule has 0 bridgehead atoms. The van der Waals surface area contributed by atoms with Crippen LogP contribution in [0, 0.1) is 18.3 Å². The molecule has 1 N–H and O–H groups in total. The molecule has 1 amide bonds. The Morgan fingerprint density at radius 1 is 1.08 bits per heavy atom. The molecule has 38 heavy (non-hydrogen) atoms. The SMILES string of the molecule is [C-]#[N+]c1ccc(OCC(=O)N2CCC(CCc3cccc(OC(F)F)c3)CC2)c(-c2ccc(F)cc2O)c1. The van der Waals surface area contributed by atoms with Gasteiger partial charge in [-0.05, 0) is 73.6 Å². The number of hydrogen-bond acceptors (Lipinski definition) is 4. The van der Waals surface area contributed by atoms with E-state index in [1.807, 2.05) is 6.07 Å². The zero-order valence-electron chi connectivity index (χ0n) is 20.6. The number of amides is 1. The first-order valence-electron chi connectivity index (χ1n) is 12.3. The van der Waals surface area contributed by atoms with Gasteiger partial charge in [0.1, 0.15) is 23.1 Å². The molecule has 1 aliphatic rings. The van der Waals surface area contributed by atoms with Crippen molar-refractivity contribution in [3.8, 4) is 28.4 Å². The molecular weight excluding hydrogens is 497 g/mol. The van der Waals surface area contributed by atoms with Crippen molar-refractivity contribution >= 4 is 11.6 Å². The molecule has 0 aromatic heterocycles. The van der Waals surface area contributed by atoms with Crippen molar-refractivity contribution in [3.63, 3.8) is 0 Å². The Morgan fingerprint density at radius 2 is 1.87 bits per heavy atom. The number of hydrogen-bond donors (Lipinski definition) is 1. The first-order valence-corrected chi connectivity index (χ1v) is 12.3. The van der Waals surface area contributed by atoms with Gasteiger partial charge in [-0.1, -0.05) is 18.2 Å². The van der Waals surface area contributed by atoms with Crippen LogP contribution in [0.1, 0.15) is 24.8 Å². The van der Waals surface area contributed by atoms with Crippen molar-refractivity contribution in [1.29, 1.82) is 0 Å². The number of likely N-dealkylation sites (tertiary alicyclic amines) is 1. The minimum Gasteiger partial charge on any atom is -0.507 e. The first-order chi connectivity index (χ1) is 18.3. The van der Waals surface area contributed by atoms with Gasteiger partial charge < -0.3 is 19.5 Å². The zero-order valence-corrected chi connectivity index (χ0v) is 20.6. The highest BCUT2D eigenvalue weighted by atomic mass is 19.3. The molecule has 9 heteroatoms. The number of nitrogens with zero attached hydrogens (tertiary/aromatic N) is 2. The number of benzene rings is 3. The van der Waals surface area contributed by atoms with Crippen molar-refractivity contribution in [3.05, 3.63) is 83.5 Å². The predicted molar refractivity (Wildman–Crippen MR) is 136 cm³/mol. The highest BCUT2D eigenvalue weighted by molar-refractivity contribution is 5.81. The Bertz CT molecular complexity index is 1320. The average molecular weight is 525 g/mol. The highest BCUT2D eigenvalue weighted by Crippen LogP contribution is 2.38. The molecule has 3 aromatic rings. The van der Waals surface area contributed by atoms with Gasteiger partial charge in [-0.2, -0.15) is 8.78 Å². The van der Waals surface area contributed by atoms with E-state index in [4.69, 9.17) is 11.3 Å². The summed E-state index contributed by atoms with van der Waals surface area (Å²) >= 11 is 0. The maximum atomic E-state index is 13.5. The summed E-state index contributed by atoms with van der Waals surface area (Å²) in [5, 5.41) is 10.2. The molecule has 0 unspecified atom stereocenters. The lowest BCUT2D eigenvalue weighted by Crippen LogP contribution is -2.41. The lowest BCUT2D eigenvalue weighted by atomic mass is 9.90. The summed E-state index contributed by atoms with van der Waals surface area (Å²) in [5.74, 6) is -0.195. The molecule has 1 fully saturated rings. The number of carbonyl (C=O) groups is 1. The second-order valence-electron chi connectivity index (χ2n) is 9.13. The number of carbonyl (C=O) groups excluding carboxylic acids is 1. The van der Waals surface area contributed by atoms with E-state index in [1.54, 1.807) is 29.2 Å². The smallest absolute Gasteiger partial charge is 0.387 e. The van der Waals surface area contributed by atoms with E-state index in [2.05, 4.69) is 9.58 Å². The van der Waals surface area contributed by atoms with Gasteiger partial charge in [-0.25, -0.2) is 9.24 Å². The van der Waals surface area contributed by atoms with E-state index in [1.165, 1.54) is 24.3 Å². The van der Waals surface area contributed by atoms with Gasteiger partial charge in [-0.3, -0.25) is 4.79 Å². The zero-order chi connectivity index (χ0) is 27.1. The van der Waals surface area contributed by atoms with Crippen LogP contribution < -0.4 is 9.47 Å². The fourth-order valence-corrected chi connectivity index (χ4v) is 4.61. The number of aryl methyl sites for hydroxylation is 1. The molecule has 0 radical (unpaired) electrons. The minimum absolute atomic E-state index is 0.152. The molecule has 0 saturated carbocycles. The molecule has 1 heterocycles. The van der Waals surface area contributed by atoms with Crippen LogP contribution >= 0.6 is 0 Å². The van der Waals surface area contributed by atoms with E-state index in [0.29, 0.717) is 41.6 Å². The average Bonchev–Trinajstić information content (AvgIpc) is 2.91. The van der Waals surface area contributed by atoms with Gasteiger partial charge in [0.15, 0.2) is 12.3 Å². The molecule has 0 atom stereocenters. The number of piperidine rings is 1. The maximum absolute atomic E-state index is 13.5. The summed E-state index contributed by atoms with van der Waals surface area (Å²) in [6.45, 7) is 5.37. The van der Waals surface area contributed by atoms with Crippen LogP contribution in [-0.2, 0) is 11.2 Å². The van der Waals surface area contributed by atoms with E-state index in [9.17, 15) is 23.1 Å². The van der Waals surface area contributed by atoms with Crippen LogP contribution in [0.3, 0.4) is 0 Å². The van der Waals surface area contributed by atoms with Gasteiger partial charge in [0.05, 0.1) is 6.57 Å². The molecule has 3 aromatic carbocycles. The number of phenols is 1. The third-order valence-corrected chi connectivity index (χ3v) is 6.63. The highest BCUT2D eigenvalue weighted by Gasteiger charge is 2.23. The van der Waals surface area contributed by atoms with Crippen LogP contribution in [0.5, 0.6) is 17.2 Å². The van der Waals surface area contributed by atoms with Crippen LogP contribution in [0.2, 0.25) is 0 Å². The van der Waals surface area contributed by atoms with Gasteiger partial charge in [0.25, 0.3) is 5.91 Å². The molecule has 4 rings (SSSR count). The van der Waals surface area contributed by atoms with Crippen molar-refractivity contribution in [2.45, 2.75) is 32.3 Å². The first kappa shape index (κ1) is 26.9. The normalized spacial score (nSPS) is 13.8. The number of rotatable bonds is 9. The Morgan fingerprint density at radius 3 is 2.58 bits per heavy atom. The summed E-state index contributed by atoms with van der Waals surface area (Å²) in [5.41, 5.74) is 1.94. The van der Waals surface area contributed by atoms with Crippen LogP contribution in [0.4, 0.5) is 18.9 Å². The molecule has 1 saturated heterocycles. The quantitative estimate of drug-likeness (QED) is 0.321. The largest absolute Gasteiger partial charge is 0.507 e. The van der Waals surface area contributed by atoms with Crippen LogP contribution in [0.15, 0.2) is 60.7 Å². The summed E-state index contributed by atoms with van der Waals surface area (Å²) in [4.78, 5) is 18.0. The minimum atomic E-state index is -2.85. The Kier molecular flexibility index (Phi) is 8.74. The molecule has 6 nitrogen and oxygen atoms in total. The topological polar surface area (TPSA) is 63.4 Å². The number of phenolic OH excluding ortho intramolecular Hbond substituents is 1. The lowest BCUT2D eigenvalue weighted by molar-refractivity contribution is -0.134. The lowest BCUT2D eigenvalue weighted by Gasteiger charge is -2.32. The molecule has 0 aliphatic carbocycles. The Labute approximate surface area is 219 Å². The Hall–Kier alpha value is -4.19. The fourth-order valence-electron chi connectivity index (χ4n) is 4.61. The molecule has 198 valence electrons. The molecule has 0 spiro atoms. The molecular formula is C29H27F3N2O4. The van der Waals surface area contributed by atoms with E-state index >= 15 is 0 Å². The van der Waals surface area contributed by atoms with Gasteiger partial charge in [0.2, 0.25) is 0 Å². The summed E-state index contributed by atoms with van der Waals surface area (Å²) in [6.07, 6.45) is 3.27. The van der Waals surface area contributed by atoms with E-state index < -0.39 is 12.4 Å². The van der Waals surface area contributed by atoms with Crippen molar-refractivity contribution in [2.24, 2.45) is 5.92 Å².